The molecule has 0 aliphatic rings. The third kappa shape index (κ3) is 2.91. The molecular formula is C10H6Cl3N3O. The lowest BCUT2D eigenvalue weighted by Gasteiger charge is -2.08. The van der Waals surface area contributed by atoms with Gasteiger partial charge in [-0.05, 0) is 23.7 Å². The van der Waals surface area contributed by atoms with Gasteiger partial charge in [-0.25, -0.2) is 4.98 Å². The lowest BCUT2D eigenvalue weighted by atomic mass is 10.3. The summed E-state index contributed by atoms with van der Waals surface area (Å²) in [7, 11) is 0. The minimum absolute atomic E-state index is 0.0120. The molecule has 4 nitrogen and oxygen atoms in total. The van der Waals surface area contributed by atoms with E-state index in [1.807, 2.05) is 0 Å². The van der Waals surface area contributed by atoms with Crippen molar-refractivity contribution < 1.29 is 5.11 Å². The lowest BCUT2D eigenvalue weighted by molar-refractivity contribution is 0.475. The Morgan fingerprint density at radius 2 is 1.88 bits per heavy atom. The van der Waals surface area contributed by atoms with Crippen molar-refractivity contribution in [2.75, 3.05) is 5.32 Å². The monoisotopic (exact) mass is 289 g/mol. The third-order valence-electron chi connectivity index (χ3n) is 1.89. The van der Waals surface area contributed by atoms with Gasteiger partial charge in [0.2, 0.25) is 5.28 Å². The number of phenols is 1. The van der Waals surface area contributed by atoms with Crippen LogP contribution in [-0.2, 0) is 0 Å². The van der Waals surface area contributed by atoms with Crippen molar-refractivity contribution in [3.05, 3.63) is 39.7 Å². The number of benzene rings is 1. The van der Waals surface area contributed by atoms with Crippen molar-refractivity contribution in [1.82, 2.24) is 9.97 Å². The van der Waals surface area contributed by atoms with Crippen molar-refractivity contribution in [1.29, 1.82) is 0 Å². The Hall–Kier alpha value is -1.23. The average Bonchev–Trinajstić information content (AvgIpc) is 2.25. The van der Waals surface area contributed by atoms with Gasteiger partial charge in [0.15, 0.2) is 11.0 Å². The Morgan fingerprint density at radius 3 is 2.59 bits per heavy atom. The van der Waals surface area contributed by atoms with Gasteiger partial charge in [0.25, 0.3) is 0 Å². The van der Waals surface area contributed by atoms with Crippen molar-refractivity contribution in [2.45, 2.75) is 0 Å². The van der Waals surface area contributed by atoms with Crippen LogP contribution in [0.5, 0.6) is 5.75 Å². The van der Waals surface area contributed by atoms with E-state index in [9.17, 15) is 5.11 Å². The fraction of sp³-hybridized carbons (Fsp3) is 0. The average molecular weight is 291 g/mol. The second kappa shape index (κ2) is 4.96. The number of rotatable bonds is 2. The van der Waals surface area contributed by atoms with Crippen molar-refractivity contribution in [2.24, 2.45) is 0 Å². The minimum atomic E-state index is -0.0120. The van der Waals surface area contributed by atoms with E-state index in [0.717, 1.165) is 0 Å². The molecule has 0 aliphatic carbocycles. The molecule has 0 spiro atoms. The third-order valence-corrected chi connectivity index (χ3v) is 2.79. The quantitative estimate of drug-likeness (QED) is 0.651. The van der Waals surface area contributed by atoms with Gasteiger partial charge in [-0.2, -0.15) is 4.98 Å². The van der Waals surface area contributed by atoms with E-state index in [1.165, 1.54) is 6.07 Å². The molecule has 0 radical (unpaired) electrons. The fourth-order valence-corrected chi connectivity index (χ4v) is 1.71. The number of nitrogens with zero attached hydrogens (tertiary/aromatic N) is 2. The molecule has 0 aliphatic heterocycles. The molecule has 1 aromatic heterocycles. The topological polar surface area (TPSA) is 58.0 Å². The summed E-state index contributed by atoms with van der Waals surface area (Å²) in [5, 5.41) is 12.4. The van der Waals surface area contributed by atoms with Crippen LogP contribution in [0.3, 0.4) is 0 Å². The normalized spacial score (nSPS) is 10.3. The Bertz CT molecular complexity index is 562. The summed E-state index contributed by atoms with van der Waals surface area (Å²) in [4.78, 5) is 7.60. The second-order valence-corrected chi connectivity index (χ2v) is 4.20. The molecule has 88 valence electrons. The predicted molar refractivity (Wildman–Crippen MR) is 68.5 cm³/mol. The number of hydrogen-bond acceptors (Lipinski definition) is 4. The number of hydrogen-bond donors (Lipinski definition) is 2. The van der Waals surface area contributed by atoms with E-state index in [4.69, 9.17) is 34.8 Å². The molecule has 0 amide bonds. The number of anilines is 2. The number of aromatic hydroxyl groups is 1. The van der Waals surface area contributed by atoms with Gasteiger partial charge in [0.1, 0.15) is 10.8 Å². The number of nitrogens with one attached hydrogen (secondary N) is 1. The first-order valence-electron chi connectivity index (χ1n) is 4.51. The zero-order valence-corrected chi connectivity index (χ0v) is 10.6. The number of aromatic nitrogens is 2. The van der Waals surface area contributed by atoms with E-state index in [2.05, 4.69) is 15.3 Å². The Balaban J connectivity index is 2.36. The Labute approximate surface area is 112 Å². The van der Waals surface area contributed by atoms with Crippen LogP contribution in [0.25, 0.3) is 0 Å². The predicted octanol–water partition coefficient (Wildman–Crippen LogP) is 3.89. The van der Waals surface area contributed by atoms with E-state index < -0.39 is 0 Å². The first-order valence-corrected chi connectivity index (χ1v) is 5.64. The Kier molecular flexibility index (Phi) is 3.57. The van der Waals surface area contributed by atoms with E-state index in [-0.39, 0.29) is 27.0 Å². The van der Waals surface area contributed by atoms with Gasteiger partial charge in [0, 0.05) is 11.8 Å². The van der Waals surface area contributed by atoms with Crippen molar-refractivity contribution in [3.63, 3.8) is 0 Å². The van der Waals surface area contributed by atoms with Crippen LogP contribution in [0.2, 0.25) is 15.5 Å². The molecule has 0 fully saturated rings. The smallest absolute Gasteiger partial charge is 0.225 e. The van der Waals surface area contributed by atoms with Crippen LogP contribution in [-0.4, -0.2) is 15.1 Å². The first-order chi connectivity index (χ1) is 8.06. The maximum Gasteiger partial charge on any atom is 0.225 e. The maximum atomic E-state index is 9.31. The second-order valence-electron chi connectivity index (χ2n) is 3.12. The van der Waals surface area contributed by atoms with Gasteiger partial charge in [-0.1, -0.05) is 29.3 Å². The molecule has 0 unspecified atom stereocenters. The Morgan fingerprint density at radius 1 is 1.12 bits per heavy atom. The summed E-state index contributed by atoms with van der Waals surface area (Å²) < 4.78 is 0. The first kappa shape index (κ1) is 12.2. The van der Waals surface area contributed by atoms with Crippen molar-refractivity contribution in [3.8, 4) is 5.75 Å². The molecule has 7 heteroatoms. The summed E-state index contributed by atoms with van der Waals surface area (Å²) >= 11 is 17.3. The lowest BCUT2D eigenvalue weighted by Crippen LogP contribution is -1.97. The number of halogens is 3. The highest BCUT2D eigenvalue weighted by molar-refractivity contribution is 6.43. The summed E-state index contributed by atoms with van der Waals surface area (Å²) in [6, 6.07) is 6.48. The summed E-state index contributed by atoms with van der Waals surface area (Å²) in [5.41, 5.74) is 0.609. The zero-order chi connectivity index (χ0) is 12.4. The van der Waals surface area contributed by atoms with E-state index in [0.29, 0.717) is 5.69 Å². The summed E-state index contributed by atoms with van der Waals surface area (Å²) in [5.74, 6) is 0.402. The molecular weight excluding hydrogens is 284 g/mol. The maximum absolute atomic E-state index is 9.31. The molecule has 0 atom stereocenters. The standard InChI is InChI=1S/C10H6Cl3N3O/c11-7-8(12)15-10(13)16-9(7)14-5-2-1-3-6(17)4-5/h1-4,17H,(H,14,15,16). The van der Waals surface area contributed by atoms with E-state index in [1.54, 1.807) is 18.2 Å². The summed E-state index contributed by atoms with van der Waals surface area (Å²) in [6.45, 7) is 0. The van der Waals surface area contributed by atoms with Crippen LogP contribution in [0.1, 0.15) is 0 Å². The molecule has 2 rings (SSSR count). The highest BCUT2D eigenvalue weighted by Gasteiger charge is 2.10. The molecule has 2 aromatic rings. The minimum Gasteiger partial charge on any atom is -0.508 e. The van der Waals surface area contributed by atoms with Gasteiger partial charge in [0.05, 0.1) is 0 Å². The van der Waals surface area contributed by atoms with Crippen LogP contribution in [0.15, 0.2) is 24.3 Å². The van der Waals surface area contributed by atoms with Crippen LogP contribution < -0.4 is 5.32 Å². The van der Waals surface area contributed by atoms with Gasteiger partial charge in [-0.3, -0.25) is 0 Å². The molecule has 0 saturated carbocycles. The van der Waals surface area contributed by atoms with Gasteiger partial charge >= 0.3 is 0 Å². The zero-order valence-electron chi connectivity index (χ0n) is 8.28. The molecule has 1 heterocycles. The van der Waals surface area contributed by atoms with Gasteiger partial charge < -0.3 is 10.4 Å². The van der Waals surface area contributed by atoms with Crippen molar-refractivity contribution >= 4 is 46.3 Å². The molecule has 2 N–H and O–H groups in total. The molecule has 1 aromatic carbocycles. The van der Waals surface area contributed by atoms with Crippen LogP contribution >= 0.6 is 34.8 Å². The molecule has 0 saturated heterocycles. The van der Waals surface area contributed by atoms with E-state index >= 15 is 0 Å². The van der Waals surface area contributed by atoms with Crippen LogP contribution in [0.4, 0.5) is 11.5 Å². The molecule has 0 bridgehead atoms. The van der Waals surface area contributed by atoms with Crippen LogP contribution in [0, 0.1) is 0 Å². The SMILES string of the molecule is Oc1cccc(Nc2nc(Cl)nc(Cl)c2Cl)c1. The summed E-state index contributed by atoms with van der Waals surface area (Å²) in [6.07, 6.45) is 0. The largest absolute Gasteiger partial charge is 0.508 e. The highest BCUT2D eigenvalue weighted by atomic mass is 35.5. The fourth-order valence-electron chi connectivity index (χ4n) is 1.20. The highest BCUT2D eigenvalue weighted by Crippen LogP contribution is 2.30. The van der Waals surface area contributed by atoms with Gasteiger partial charge in [-0.15, -0.1) is 0 Å². The molecule has 17 heavy (non-hydrogen) atoms. The number of phenolic OH excluding ortho intramolecular Hbond substituents is 1.